The van der Waals surface area contributed by atoms with Crippen molar-refractivity contribution in [3.8, 4) is 0 Å². The number of carbonyl (C=O) groups excluding carboxylic acids is 2. The van der Waals surface area contributed by atoms with Gasteiger partial charge in [0.1, 0.15) is 5.82 Å². The average molecular weight is 394 g/mol. The van der Waals surface area contributed by atoms with Crippen LogP contribution in [-0.4, -0.2) is 52.8 Å². The Bertz CT molecular complexity index is 860. The van der Waals surface area contributed by atoms with E-state index in [4.69, 9.17) is 11.6 Å². The summed E-state index contributed by atoms with van der Waals surface area (Å²) < 4.78 is 13.9. The lowest BCUT2D eigenvalue weighted by Crippen LogP contribution is -2.50. The molecule has 26 heavy (non-hydrogen) atoms. The smallest absolute Gasteiger partial charge is 0.257 e. The predicted octanol–water partition coefficient (Wildman–Crippen LogP) is 3.24. The number of aryl methyl sites for hydroxylation is 1. The van der Waals surface area contributed by atoms with Crippen molar-refractivity contribution in [1.29, 1.82) is 0 Å². The first-order valence-electron chi connectivity index (χ1n) is 8.07. The van der Waals surface area contributed by atoms with Crippen molar-refractivity contribution in [2.24, 2.45) is 0 Å². The molecule has 2 amide bonds. The molecule has 0 aliphatic carbocycles. The van der Waals surface area contributed by atoms with Gasteiger partial charge in [0.05, 0.1) is 16.3 Å². The van der Waals surface area contributed by atoms with Crippen LogP contribution in [0.3, 0.4) is 0 Å². The molecule has 136 valence electrons. The highest BCUT2D eigenvalue weighted by molar-refractivity contribution is 7.09. The monoisotopic (exact) mass is 393 g/mol. The standard InChI is InChI=1S/C18H17ClFN3O2S/c1-12-21-14(11-26-12)3-5-17(24)22-6-8-23(9-7-22)18(25)15-10-13(19)2-4-16(15)20/h2-5,10-11H,6-9H2,1H3/b5-3+. The molecule has 0 unspecified atom stereocenters. The van der Waals surface area contributed by atoms with Crippen molar-refractivity contribution >= 4 is 40.8 Å². The minimum absolute atomic E-state index is 0.0453. The Morgan fingerprint density at radius 2 is 1.92 bits per heavy atom. The molecule has 3 rings (SSSR count). The van der Waals surface area contributed by atoms with Gasteiger partial charge in [-0.05, 0) is 31.2 Å². The number of hydrogen-bond acceptors (Lipinski definition) is 4. The summed E-state index contributed by atoms with van der Waals surface area (Å²) in [6.07, 6.45) is 3.17. The second-order valence-electron chi connectivity index (χ2n) is 5.87. The van der Waals surface area contributed by atoms with E-state index in [1.54, 1.807) is 11.0 Å². The van der Waals surface area contributed by atoms with Crippen LogP contribution in [0.25, 0.3) is 6.08 Å². The number of amides is 2. The van der Waals surface area contributed by atoms with E-state index in [9.17, 15) is 14.0 Å². The summed E-state index contributed by atoms with van der Waals surface area (Å²) in [5.74, 6) is -1.14. The maximum Gasteiger partial charge on any atom is 0.257 e. The lowest BCUT2D eigenvalue weighted by atomic mass is 10.1. The Balaban J connectivity index is 1.58. The molecule has 8 heteroatoms. The highest BCUT2D eigenvalue weighted by Crippen LogP contribution is 2.18. The average Bonchev–Trinajstić information content (AvgIpc) is 3.06. The van der Waals surface area contributed by atoms with Gasteiger partial charge in [-0.2, -0.15) is 0 Å². The number of carbonyl (C=O) groups is 2. The van der Waals surface area contributed by atoms with Crippen LogP contribution in [-0.2, 0) is 4.79 Å². The van der Waals surface area contributed by atoms with Gasteiger partial charge < -0.3 is 9.80 Å². The SMILES string of the molecule is Cc1nc(/C=C/C(=O)N2CCN(C(=O)c3cc(Cl)ccc3F)CC2)cs1. The Morgan fingerprint density at radius 1 is 1.23 bits per heavy atom. The fraction of sp³-hybridized carbons (Fsp3) is 0.278. The summed E-state index contributed by atoms with van der Waals surface area (Å²) in [5.41, 5.74) is 0.710. The van der Waals surface area contributed by atoms with Gasteiger partial charge in [-0.3, -0.25) is 9.59 Å². The van der Waals surface area contributed by atoms with Gasteiger partial charge in [-0.25, -0.2) is 9.37 Å². The van der Waals surface area contributed by atoms with Gasteiger partial charge in [0.25, 0.3) is 5.91 Å². The first-order chi connectivity index (χ1) is 12.4. The van der Waals surface area contributed by atoms with E-state index in [0.29, 0.717) is 31.2 Å². The number of hydrogen-bond donors (Lipinski definition) is 0. The summed E-state index contributed by atoms with van der Waals surface area (Å²) in [5, 5.41) is 3.14. The van der Waals surface area contributed by atoms with Crippen molar-refractivity contribution in [2.45, 2.75) is 6.92 Å². The van der Waals surface area contributed by atoms with E-state index in [-0.39, 0.29) is 11.5 Å². The third-order valence-electron chi connectivity index (χ3n) is 4.07. The molecule has 1 fully saturated rings. The van der Waals surface area contributed by atoms with Crippen LogP contribution in [0.5, 0.6) is 0 Å². The fourth-order valence-electron chi connectivity index (χ4n) is 2.68. The number of benzene rings is 1. The van der Waals surface area contributed by atoms with Gasteiger partial charge in [-0.1, -0.05) is 11.6 Å². The number of halogens is 2. The Morgan fingerprint density at radius 3 is 2.58 bits per heavy atom. The van der Waals surface area contributed by atoms with Crippen LogP contribution in [0.1, 0.15) is 21.1 Å². The topological polar surface area (TPSA) is 53.5 Å². The van der Waals surface area contributed by atoms with Crippen LogP contribution < -0.4 is 0 Å². The van der Waals surface area contributed by atoms with Gasteiger partial charge in [0, 0.05) is 42.7 Å². The van der Waals surface area contributed by atoms with Crippen LogP contribution in [0.4, 0.5) is 4.39 Å². The number of rotatable bonds is 3. The molecular formula is C18H17ClFN3O2S. The molecule has 0 radical (unpaired) electrons. The first-order valence-corrected chi connectivity index (χ1v) is 9.33. The molecule has 0 bridgehead atoms. The number of nitrogens with zero attached hydrogens (tertiary/aromatic N) is 3. The molecule has 1 aliphatic heterocycles. The molecule has 1 aromatic heterocycles. The third-order valence-corrected chi connectivity index (χ3v) is 5.10. The molecule has 1 aromatic carbocycles. The highest BCUT2D eigenvalue weighted by Gasteiger charge is 2.25. The Labute approximate surface area is 159 Å². The van der Waals surface area contributed by atoms with Crippen LogP contribution >= 0.6 is 22.9 Å². The zero-order chi connectivity index (χ0) is 18.7. The van der Waals surface area contributed by atoms with Crippen molar-refractivity contribution in [1.82, 2.24) is 14.8 Å². The normalized spacial score (nSPS) is 14.9. The van der Waals surface area contributed by atoms with Crippen LogP contribution in [0.15, 0.2) is 29.7 Å². The predicted molar refractivity (Wildman–Crippen MR) is 99.8 cm³/mol. The van der Waals surface area contributed by atoms with Gasteiger partial charge in [0.2, 0.25) is 5.91 Å². The van der Waals surface area contributed by atoms with Crippen molar-refractivity contribution in [3.63, 3.8) is 0 Å². The molecule has 1 aliphatic rings. The summed E-state index contributed by atoms with van der Waals surface area (Å²) >= 11 is 7.37. The summed E-state index contributed by atoms with van der Waals surface area (Å²) in [6, 6.07) is 3.91. The van der Waals surface area contributed by atoms with Crippen molar-refractivity contribution < 1.29 is 14.0 Å². The van der Waals surface area contributed by atoms with Crippen molar-refractivity contribution in [2.75, 3.05) is 26.2 Å². The molecular weight excluding hydrogens is 377 g/mol. The lowest BCUT2D eigenvalue weighted by Gasteiger charge is -2.34. The van der Waals surface area contributed by atoms with E-state index < -0.39 is 11.7 Å². The Kier molecular flexibility index (Phi) is 5.68. The van der Waals surface area contributed by atoms with E-state index in [1.807, 2.05) is 12.3 Å². The first kappa shape index (κ1) is 18.5. The van der Waals surface area contributed by atoms with E-state index >= 15 is 0 Å². The number of aromatic nitrogens is 1. The Hall–Kier alpha value is -2.25. The maximum absolute atomic E-state index is 13.9. The second kappa shape index (κ2) is 7.97. The zero-order valence-electron chi connectivity index (χ0n) is 14.1. The van der Waals surface area contributed by atoms with Crippen LogP contribution in [0, 0.1) is 12.7 Å². The maximum atomic E-state index is 13.9. The highest BCUT2D eigenvalue weighted by atomic mass is 35.5. The van der Waals surface area contributed by atoms with E-state index in [1.165, 1.54) is 40.5 Å². The second-order valence-corrected chi connectivity index (χ2v) is 7.37. The largest absolute Gasteiger partial charge is 0.336 e. The summed E-state index contributed by atoms with van der Waals surface area (Å²) in [6.45, 7) is 3.39. The molecule has 0 spiro atoms. The fourth-order valence-corrected chi connectivity index (χ4v) is 3.43. The van der Waals surface area contributed by atoms with Gasteiger partial charge in [-0.15, -0.1) is 11.3 Å². The minimum atomic E-state index is -0.598. The van der Waals surface area contributed by atoms with Gasteiger partial charge >= 0.3 is 0 Å². The number of piperazine rings is 1. The molecule has 1 saturated heterocycles. The summed E-state index contributed by atoms with van der Waals surface area (Å²) in [7, 11) is 0. The molecule has 2 heterocycles. The lowest BCUT2D eigenvalue weighted by molar-refractivity contribution is -0.127. The number of thiazole rings is 1. The molecule has 0 saturated carbocycles. The zero-order valence-corrected chi connectivity index (χ0v) is 15.7. The quantitative estimate of drug-likeness (QED) is 0.752. The van der Waals surface area contributed by atoms with E-state index in [2.05, 4.69) is 4.98 Å². The van der Waals surface area contributed by atoms with E-state index in [0.717, 1.165) is 10.7 Å². The third kappa shape index (κ3) is 4.28. The molecule has 5 nitrogen and oxygen atoms in total. The molecule has 2 aromatic rings. The minimum Gasteiger partial charge on any atom is -0.336 e. The van der Waals surface area contributed by atoms with Gasteiger partial charge in [0.15, 0.2) is 0 Å². The van der Waals surface area contributed by atoms with Crippen LogP contribution in [0.2, 0.25) is 5.02 Å². The molecule has 0 atom stereocenters. The molecule has 0 N–H and O–H groups in total. The summed E-state index contributed by atoms with van der Waals surface area (Å²) in [4.78, 5) is 32.2. The van der Waals surface area contributed by atoms with Crippen molar-refractivity contribution in [3.05, 3.63) is 56.8 Å².